The molecule has 1 aliphatic rings. The molecule has 0 aromatic rings. The molecule has 1 nitrogen and oxygen atoms in total. The summed E-state index contributed by atoms with van der Waals surface area (Å²) in [6.45, 7) is 11.2. The zero-order valence-electron chi connectivity index (χ0n) is 8.90. The van der Waals surface area contributed by atoms with Crippen LogP contribution in [0.2, 0.25) is 0 Å². The minimum Gasteiger partial charge on any atom is -0.300 e. The summed E-state index contributed by atoms with van der Waals surface area (Å²) in [5.74, 6) is 0.959. The van der Waals surface area contributed by atoms with E-state index in [9.17, 15) is 4.79 Å². The maximum absolute atomic E-state index is 11.4. The summed E-state index contributed by atoms with van der Waals surface area (Å²) in [5, 5.41) is 0. The van der Waals surface area contributed by atoms with Crippen LogP contribution in [0, 0.1) is 16.7 Å². The van der Waals surface area contributed by atoms with E-state index in [1.807, 2.05) is 0 Å². The molecule has 0 heterocycles. The smallest absolute Gasteiger partial charge is 0.133 e. The Morgan fingerprint density at radius 1 is 1.25 bits per heavy atom. The van der Waals surface area contributed by atoms with Crippen molar-refractivity contribution in [3.8, 4) is 0 Å². The second kappa shape index (κ2) is 2.58. The first-order valence-corrected chi connectivity index (χ1v) is 4.79. The number of ketones is 1. The van der Waals surface area contributed by atoms with Crippen LogP contribution in [0.25, 0.3) is 0 Å². The third-order valence-electron chi connectivity index (χ3n) is 4.15. The van der Waals surface area contributed by atoms with Gasteiger partial charge in [0.1, 0.15) is 5.78 Å². The van der Waals surface area contributed by atoms with Gasteiger partial charge in [-0.15, -0.1) is 0 Å². The fraction of sp³-hybridized carbons (Fsp3) is 0.909. The van der Waals surface area contributed by atoms with Crippen LogP contribution >= 0.6 is 0 Å². The first kappa shape index (κ1) is 9.76. The van der Waals surface area contributed by atoms with Gasteiger partial charge in [-0.1, -0.05) is 34.6 Å². The summed E-state index contributed by atoms with van der Waals surface area (Å²) in [6, 6.07) is 0. The van der Waals surface area contributed by atoms with Crippen molar-refractivity contribution in [3.63, 3.8) is 0 Å². The Hall–Kier alpha value is -0.330. The van der Waals surface area contributed by atoms with E-state index in [-0.39, 0.29) is 5.41 Å². The van der Waals surface area contributed by atoms with Gasteiger partial charge in [0.05, 0.1) is 0 Å². The zero-order chi connectivity index (χ0) is 9.57. The molecule has 0 aromatic carbocycles. The number of carbonyl (C=O) groups excluding carboxylic acids is 1. The fourth-order valence-electron chi connectivity index (χ4n) is 2.06. The number of Topliss-reactive ketones (excluding diaryl/α,β-unsaturated/α-hetero) is 1. The van der Waals surface area contributed by atoms with Gasteiger partial charge in [-0.2, -0.15) is 0 Å². The van der Waals surface area contributed by atoms with Gasteiger partial charge in [0.2, 0.25) is 0 Å². The molecule has 0 N–H and O–H groups in total. The van der Waals surface area contributed by atoms with Crippen molar-refractivity contribution in [1.82, 2.24) is 0 Å². The molecular weight excluding hydrogens is 148 g/mol. The quantitative estimate of drug-likeness (QED) is 0.543. The Balaban J connectivity index is 2.94. The number of hydrogen-bond donors (Lipinski definition) is 0. The van der Waals surface area contributed by atoms with Crippen LogP contribution in [0.5, 0.6) is 0 Å². The number of carbonyl (C=O) groups is 1. The van der Waals surface area contributed by atoms with Crippen LogP contribution in [-0.4, -0.2) is 5.78 Å². The topological polar surface area (TPSA) is 17.1 Å². The van der Waals surface area contributed by atoms with Crippen LogP contribution in [0.4, 0.5) is 0 Å². The molecule has 1 aliphatic carbocycles. The molecular formula is C11H20O. The van der Waals surface area contributed by atoms with Crippen molar-refractivity contribution in [2.75, 3.05) is 0 Å². The Kier molecular flexibility index (Phi) is 2.10. The lowest BCUT2D eigenvalue weighted by molar-refractivity contribution is -0.132. The SMILES string of the molecule is CC1CC(=O)CC(C)(C)C1(C)C. The molecule has 1 rings (SSSR count). The van der Waals surface area contributed by atoms with Crippen LogP contribution in [0.1, 0.15) is 47.5 Å². The third kappa shape index (κ3) is 1.30. The standard InChI is InChI=1S/C11H20O/c1-8-6-9(12)7-10(2,3)11(8,4)5/h8H,6-7H2,1-5H3. The molecule has 0 amide bonds. The highest BCUT2D eigenvalue weighted by molar-refractivity contribution is 5.80. The molecule has 1 heteroatoms. The van der Waals surface area contributed by atoms with E-state index >= 15 is 0 Å². The van der Waals surface area contributed by atoms with Gasteiger partial charge in [-0.25, -0.2) is 0 Å². The van der Waals surface area contributed by atoms with Crippen molar-refractivity contribution >= 4 is 5.78 Å². The average Bonchev–Trinajstić information content (AvgIpc) is 1.82. The highest BCUT2D eigenvalue weighted by Gasteiger charge is 2.46. The molecule has 1 saturated carbocycles. The molecule has 70 valence electrons. The zero-order valence-corrected chi connectivity index (χ0v) is 8.90. The molecule has 1 atom stereocenters. The Labute approximate surface area is 75.5 Å². The lowest BCUT2D eigenvalue weighted by Gasteiger charge is -2.49. The molecule has 0 spiro atoms. The van der Waals surface area contributed by atoms with Crippen LogP contribution < -0.4 is 0 Å². The Morgan fingerprint density at radius 2 is 1.75 bits per heavy atom. The van der Waals surface area contributed by atoms with Crippen molar-refractivity contribution < 1.29 is 4.79 Å². The highest BCUT2D eigenvalue weighted by Crippen LogP contribution is 2.51. The third-order valence-corrected chi connectivity index (χ3v) is 4.15. The molecule has 0 saturated heterocycles. The monoisotopic (exact) mass is 168 g/mol. The molecule has 0 aliphatic heterocycles. The van der Waals surface area contributed by atoms with Crippen molar-refractivity contribution in [3.05, 3.63) is 0 Å². The van der Waals surface area contributed by atoms with E-state index in [1.54, 1.807) is 0 Å². The van der Waals surface area contributed by atoms with Crippen LogP contribution in [0.3, 0.4) is 0 Å². The summed E-state index contributed by atoms with van der Waals surface area (Å²) in [6.07, 6.45) is 1.53. The lowest BCUT2D eigenvalue weighted by Crippen LogP contribution is -2.44. The van der Waals surface area contributed by atoms with E-state index in [4.69, 9.17) is 0 Å². The molecule has 12 heavy (non-hydrogen) atoms. The number of rotatable bonds is 0. The first-order chi connectivity index (χ1) is 5.27. The average molecular weight is 168 g/mol. The summed E-state index contributed by atoms with van der Waals surface area (Å²) in [4.78, 5) is 11.4. The Bertz CT molecular complexity index is 201. The van der Waals surface area contributed by atoms with E-state index in [2.05, 4.69) is 34.6 Å². The summed E-state index contributed by atoms with van der Waals surface area (Å²) in [5.41, 5.74) is 0.461. The fourth-order valence-corrected chi connectivity index (χ4v) is 2.06. The van der Waals surface area contributed by atoms with Gasteiger partial charge in [-0.05, 0) is 16.7 Å². The molecule has 1 unspecified atom stereocenters. The van der Waals surface area contributed by atoms with E-state index in [0.717, 1.165) is 12.8 Å². The van der Waals surface area contributed by atoms with Gasteiger partial charge in [0, 0.05) is 12.8 Å². The molecule has 0 aromatic heterocycles. The predicted octanol–water partition coefficient (Wildman–Crippen LogP) is 3.04. The second-order valence-corrected chi connectivity index (χ2v) is 5.43. The van der Waals surface area contributed by atoms with Crippen LogP contribution in [-0.2, 0) is 4.79 Å². The molecule has 0 radical (unpaired) electrons. The summed E-state index contributed by atoms with van der Waals surface area (Å²) >= 11 is 0. The minimum atomic E-state index is 0.168. The summed E-state index contributed by atoms with van der Waals surface area (Å²) < 4.78 is 0. The van der Waals surface area contributed by atoms with Gasteiger partial charge >= 0.3 is 0 Å². The lowest BCUT2D eigenvalue weighted by atomic mass is 9.55. The number of hydrogen-bond acceptors (Lipinski definition) is 1. The second-order valence-electron chi connectivity index (χ2n) is 5.43. The van der Waals surface area contributed by atoms with E-state index in [0.29, 0.717) is 17.1 Å². The maximum Gasteiger partial charge on any atom is 0.133 e. The van der Waals surface area contributed by atoms with E-state index < -0.39 is 0 Å². The van der Waals surface area contributed by atoms with Crippen LogP contribution in [0.15, 0.2) is 0 Å². The van der Waals surface area contributed by atoms with Gasteiger partial charge in [-0.3, -0.25) is 4.79 Å². The minimum absolute atomic E-state index is 0.168. The highest BCUT2D eigenvalue weighted by atomic mass is 16.1. The van der Waals surface area contributed by atoms with Gasteiger partial charge in [0.25, 0.3) is 0 Å². The Morgan fingerprint density at radius 3 is 2.17 bits per heavy atom. The molecule has 0 bridgehead atoms. The van der Waals surface area contributed by atoms with Crippen molar-refractivity contribution in [1.29, 1.82) is 0 Å². The van der Waals surface area contributed by atoms with Gasteiger partial charge < -0.3 is 0 Å². The first-order valence-electron chi connectivity index (χ1n) is 4.79. The summed E-state index contributed by atoms with van der Waals surface area (Å²) in [7, 11) is 0. The normalized spacial score (nSPS) is 33.4. The van der Waals surface area contributed by atoms with Crippen molar-refractivity contribution in [2.45, 2.75) is 47.5 Å². The van der Waals surface area contributed by atoms with E-state index in [1.165, 1.54) is 0 Å². The maximum atomic E-state index is 11.4. The largest absolute Gasteiger partial charge is 0.300 e. The predicted molar refractivity (Wildman–Crippen MR) is 51.0 cm³/mol. The van der Waals surface area contributed by atoms with Gasteiger partial charge in [0.15, 0.2) is 0 Å². The van der Waals surface area contributed by atoms with Crippen molar-refractivity contribution in [2.24, 2.45) is 16.7 Å². The molecule has 1 fully saturated rings.